The van der Waals surface area contributed by atoms with Gasteiger partial charge < -0.3 is 19.5 Å². The van der Waals surface area contributed by atoms with Crippen molar-refractivity contribution < 1.29 is 33.8 Å². The van der Waals surface area contributed by atoms with Crippen LogP contribution < -0.4 is 24.7 Å². The van der Waals surface area contributed by atoms with Crippen LogP contribution >= 0.6 is 45.8 Å². The molecule has 2 aliphatic heterocycles. The third kappa shape index (κ3) is 7.06. The number of nitrogens with zero attached hydrogens (tertiary/aromatic N) is 5. The maximum atomic E-state index is 15.6. The second-order valence-corrected chi connectivity index (χ2v) is 18.4. The molecule has 9 rings (SSSR count). The molecular formula is C48H41Cl2IN6O7. The number of carbonyl (C=O) groups excluding carboxylic acids is 4. The number of rotatable bonds is 10. The molecule has 2 heterocycles. The van der Waals surface area contributed by atoms with E-state index in [2.05, 4.69) is 15.7 Å². The van der Waals surface area contributed by atoms with E-state index < -0.39 is 52.7 Å². The molecule has 64 heavy (non-hydrogen) atoms. The van der Waals surface area contributed by atoms with Gasteiger partial charge in [-0.3, -0.25) is 29.5 Å². The molecule has 0 spiro atoms. The number of imide groups is 2. The Labute approximate surface area is 392 Å². The minimum atomic E-state index is -1.60. The molecule has 5 aromatic carbocycles. The standard InChI is InChI=1S/C48H41Cl2IN6O7/c1-55(2)30-12-8-28(9-13-30)52-53-29-10-14-31(15-11-29)56-44(59)34-19-18-33-35(41(34)46(56)61)24-36-45(60)57(54-39-20-7-27(49)23-37(39)50)47(62)48(36,26-5-16-32(63-3)17-6-26)42(33)25-21-38(51)43(58)40(22-25)64-4/h5-18,20-23,34-36,41-42,54,58H,19,24H2,1-4H3. The highest BCUT2D eigenvalue weighted by molar-refractivity contribution is 14.1. The summed E-state index contributed by atoms with van der Waals surface area (Å²) in [6.45, 7) is 0. The van der Waals surface area contributed by atoms with E-state index >= 15 is 9.59 Å². The molecule has 0 bridgehead atoms. The Bertz CT molecular complexity index is 2790. The number of azo groups is 1. The molecule has 16 heteroatoms. The fourth-order valence-electron chi connectivity index (χ4n) is 9.99. The highest BCUT2D eigenvalue weighted by atomic mass is 127. The van der Waals surface area contributed by atoms with Gasteiger partial charge in [-0.15, -0.1) is 0 Å². The second-order valence-electron chi connectivity index (χ2n) is 16.4. The molecule has 0 aromatic heterocycles. The number of hydrogen-bond acceptors (Lipinski definition) is 11. The van der Waals surface area contributed by atoms with Crippen LogP contribution in [-0.2, 0) is 24.6 Å². The van der Waals surface area contributed by atoms with Gasteiger partial charge in [-0.1, -0.05) is 47.0 Å². The van der Waals surface area contributed by atoms with E-state index in [9.17, 15) is 14.7 Å². The molecule has 326 valence electrons. The Morgan fingerprint density at radius 3 is 2.11 bits per heavy atom. The average Bonchev–Trinajstić information content (AvgIpc) is 3.68. The number of hydrogen-bond donors (Lipinski definition) is 2. The number of phenolic OH excluding ortho intramolecular Hbond substituents is 1. The van der Waals surface area contributed by atoms with E-state index in [-0.39, 0.29) is 41.0 Å². The van der Waals surface area contributed by atoms with Gasteiger partial charge in [-0.2, -0.15) is 15.2 Å². The number of phenols is 1. The van der Waals surface area contributed by atoms with Crippen LogP contribution in [0.5, 0.6) is 17.2 Å². The SMILES string of the molecule is COc1ccc(C23C(=O)N(Nc4ccc(Cl)cc4Cl)C(=O)C2CC2C(=CCC4C(=O)N(c5ccc(N=Nc6ccc(N(C)C)cc6)cc5)C(=O)C42)C3c2cc(I)c(O)c(OC)c2)cc1. The number of fused-ring (bicyclic) bond motifs is 4. The van der Waals surface area contributed by atoms with Gasteiger partial charge in [-0.25, -0.2) is 0 Å². The fourth-order valence-corrected chi connectivity index (χ4v) is 11.1. The van der Waals surface area contributed by atoms with Gasteiger partial charge in [0.05, 0.1) is 68.7 Å². The lowest BCUT2D eigenvalue weighted by Crippen LogP contribution is -2.53. The zero-order valence-corrected chi connectivity index (χ0v) is 38.6. The Morgan fingerprint density at radius 1 is 0.812 bits per heavy atom. The summed E-state index contributed by atoms with van der Waals surface area (Å²) in [4.78, 5) is 63.4. The molecule has 1 saturated carbocycles. The van der Waals surface area contributed by atoms with E-state index in [1.807, 2.05) is 71.9 Å². The van der Waals surface area contributed by atoms with Gasteiger partial charge in [0.15, 0.2) is 11.5 Å². The molecule has 4 amide bonds. The van der Waals surface area contributed by atoms with Crippen LogP contribution in [0.25, 0.3) is 0 Å². The number of anilines is 3. The summed E-state index contributed by atoms with van der Waals surface area (Å²) in [6.07, 6.45) is 2.26. The first-order valence-corrected chi connectivity index (χ1v) is 22.3. The van der Waals surface area contributed by atoms with E-state index in [1.54, 1.807) is 79.9 Å². The number of nitrogens with one attached hydrogen (secondary N) is 1. The van der Waals surface area contributed by atoms with Crippen LogP contribution in [-0.4, -0.2) is 62.1 Å². The van der Waals surface area contributed by atoms with Crippen molar-refractivity contribution in [3.05, 3.63) is 140 Å². The smallest absolute Gasteiger partial charge is 0.260 e. The number of methoxy groups -OCH3 is 2. The van der Waals surface area contributed by atoms with Crippen molar-refractivity contribution in [3.63, 3.8) is 0 Å². The fraction of sp³-hybridized carbons (Fsp3) is 0.250. The summed E-state index contributed by atoms with van der Waals surface area (Å²) in [6, 6.07) is 29.6. The van der Waals surface area contributed by atoms with Crippen molar-refractivity contribution in [1.82, 2.24) is 5.01 Å². The first-order chi connectivity index (χ1) is 30.8. The molecule has 6 unspecified atom stereocenters. The number of hydrazine groups is 1. The summed E-state index contributed by atoms with van der Waals surface area (Å²) >= 11 is 14.8. The highest BCUT2D eigenvalue weighted by Gasteiger charge is 2.70. The van der Waals surface area contributed by atoms with Gasteiger partial charge in [0, 0.05) is 30.7 Å². The zero-order chi connectivity index (χ0) is 45.2. The van der Waals surface area contributed by atoms with Gasteiger partial charge in [0.2, 0.25) is 11.8 Å². The van der Waals surface area contributed by atoms with Gasteiger partial charge in [-0.05, 0) is 143 Å². The molecule has 2 aliphatic carbocycles. The van der Waals surface area contributed by atoms with Crippen LogP contribution in [0.2, 0.25) is 10.0 Å². The summed E-state index contributed by atoms with van der Waals surface area (Å²) in [5.41, 5.74) is 6.17. The number of aromatic hydroxyl groups is 1. The van der Waals surface area contributed by atoms with Gasteiger partial charge in [0.25, 0.3) is 11.8 Å². The largest absolute Gasteiger partial charge is 0.504 e. The second kappa shape index (κ2) is 16.9. The van der Waals surface area contributed by atoms with Crippen molar-refractivity contribution >= 4 is 97.9 Å². The van der Waals surface area contributed by atoms with E-state index in [0.717, 1.165) is 16.3 Å². The Kier molecular flexibility index (Phi) is 11.4. The summed E-state index contributed by atoms with van der Waals surface area (Å²) in [7, 11) is 6.90. The van der Waals surface area contributed by atoms with Crippen LogP contribution in [0.3, 0.4) is 0 Å². The monoisotopic (exact) mass is 1010 g/mol. The first-order valence-electron chi connectivity index (χ1n) is 20.4. The predicted molar refractivity (Wildman–Crippen MR) is 252 cm³/mol. The van der Waals surface area contributed by atoms with Crippen LogP contribution in [0, 0.1) is 27.2 Å². The molecule has 4 aliphatic rings. The van der Waals surface area contributed by atoms with E-state index in [4.69, 9.17) is 32.7 Å². The maximum Gasteiger partial charge on any atom is 0.260 e. The summed E-state index contributed by atoms with van der Waals surface area (Å²) < 4.78 is 11.6. The number of halogens is 3. The molecule has 6 atom stereocenters. The number of benzene rings is 5. The average molecular weight is 1010 g/mol. The van der Waals surface area contributed by atoms with E-state index in [1.165, 1.54) is 18.1 Å². The maximum absolute atomic E-state index is 15.6. The minimum absolute atomic E-state index is 0.0701. The Hall–Kier alpha value is -5.97. The summed E-state index contributed by atoms with van der Waals surface area (Å²) in [5.74, 6) is -5.32. The van der Waals surface area contributed by atoms with Gasteiger partial charge in [0.1, 0.15) is 5.75 Å². The normalized spacial score (nSPS) is 23.8. The molecule has 3 fully saturated rings. The number of amides is 4. The van der Waals surface area contributed by atoms with Crippen molar-refractivity contribution in [2.45, 2.75) is 24.2 Å². The molecule has 2 N–H and O–H groups in total. The molecular weight excluding hydrogens is 970 g/mol. The lowest BCUT2D eigenvalue weighted by Gasteiger charge is -2.50. The zero-order valence-electron chi connectivity index (χ0n) is 35.0. The van der Waals surface area contributed by atoms with Crippen molar-refractivity contribution in [3.8, 4) is 17.2 Å². The van der Waals surface area contributed by atoms with Crippen LogP contribution in [0.4, 0.5) is 28.4 Å². The predicted octanol–water partition coefficient (Wildman–Crippen LogP) is 9.99. The van der Waals surface area contributed by atoms with Crippen molar-refractivity contribution in [2.24, 2.45) is 33.9 Å². The molecule has 5 aromatic rings. The molecule has 0 radical (unpaired) electrons. The number of carbonyl (C=O) groups is 4. The quantitative estimate of drug-likeness (QED) is 0.0603. The van der Waals surface area contributed by atoms with Crippen LogP contribution in [0.1, 0.15) is 29.9 Å². The van der Waals surface area contributed by atoms with E-state index in [0.29, 0.717) is 42.5 Å². The Balaban J connectivity index is 1.14. The third-order valence-electron chi connectivity index (χ3n) is 12.9. The lowest BCUT2D eigenvalue weighted by atomic mass is 9.49. The lowest BCUT2D eigenvalue weighted by molar-refractivity contribution is -0.138. The van der Waals surface area contributed by atoms with Crippen LogP contribution in [0.15, 0.2) is 125 Å². The summed E-state index contributed by atoms with van der Waals surface area (Å²) in [5, 5.41) is 21.4. The first kappa shape index (κ1) is 43.3. The topological polar surface area (TPSA) is 153 Å². The number of allylic oxidation sites excluding steroid dienone is 2. The minimum Gasteiger partial charge on any atom is -0.504 e. The third-order valence-corrected chi connectivity index (χ3v) is 14.3. The van der Waals surface area contributed by atoms with Crippen molar-refractivity contribution in [1.29, 1.82) is 0 Å². The van der Waals surface area contributed by atoms with Crippen molar-refractivity contribution in [2.75, 3.05) is 43.5 Å². The Morgan fingerprint density at radius 2 is 1.48 bits per heavy atom. The van der Waals surface area contributed by atoms with Gasteiger partial charge >= 0.3 is 0 Å². The number of ether oxygens (including phenoxy) is 2. The molecule has 2 saturated heterocycles. The highest BCUT2D eigenvalue weighted by Crippen LogP contribution is 2.65. The molecule has 13 nitrogen and oxygen atoms in total.